The SMILES string of the molecule is COc1ccc(-c2oncc2C(=O)N(C)CCc2ccncc2)cc1. The predicted molar refractivity (Wildman–Crippen MR) is 93.4 cm³/mol. The molecule has 0 atom stereocenters. The van der Waals surface area contributed by atoms with Crippen LogP contribution in [0.25, 0.3) is 11.3 Å². The summed E-state index contributed by atoms with van der Waals surface area (Å²) in [5, 5.41) is 3.80. The Morgan fingerprint density at radius 1 is 1.16 bits per heavy atom. The number of hydrogen-bond acceptors (Lipinski definition) is 5. The molecule has 2 heterocycles. The molecule has 25 heavy (non-hydrogen) atoms. The average Bonchev–Trinajstić information content (AvgIpc) is 3.16. The van der Waals surface area contributed by atoms with Crippen molar-refractivity contribution in [2.45, 2.75) is 6.42 Å². The molecule has 0 unspecified atom stereocenters. The van der Waals surface area contributed by atoms with Gasteiger partial charge in [0.2, 0.25) is 0 Å². The first-order valence-electron chi connectivity index (χ1n) is 7.92. The van der Waals surface area contributed by atoms with Crippen LogP contribution in [0.1, 0.15) is 15.9 Å². The normalized spacial score (nSPS) is 10.5. The summed E-state index contributed by atoms with van der Waals surface area (Å²) in [4.78, 5) is 18.4. The van der Waals surface area contributed by atoms with Crippen LogP contribution in [0.15, 0.2) is 59.5 Å². The van der Waals surface area contributed by atoms with E-state index in [1.807, 2.05) is 36.4 Å². The van der Waals surface area contributed by atoms with Crippen LogP contribution in [-0.2, 0) is 6.42 Å². The maximum atomic E-state index is 12.7. The minimum absolute atomic E-state index is 0.124. The van der Waals surface area contributed by atoms with Gasteiger partial charge in [-0.05, 0) is 48.4 Å². The fourth-order valence-corrected chi connectivity index (χ4v) is 2.50. The third kappa shape index (κ3) is 3.85. The lowest BCUT2D eigenvalue weighted by Crippen LogP contribution is -2.28. The second-order valence-corrected chi connectivity index (χ2v) is 5.63. The standard InChI is InChI=1S/C19H19N3O3/c1-22(12-9-14-7-10-20-11-8-14)19(23)17-13-21-25-18(17)15-3-5-16(24-2)6-4-15/h3-8,10-11,13H,9,12H2,1-2H3. The van der Waals surface area contributed by atoms with Gasteiger partial charge < -0.3 is 14.2 Å². The lowest BCUT2D eigenvalue weighted by molar-refractivity contribution is 0.0797. The molecule has 0 aliphatic heterocycles. The summed E-state index contributed by atoms with van der Waals surface area (Å²) in [6.07, 6.45) is 5.72. The van der Waals surface area contributed by atoms with Crippen molar-refractivity contribution in [2.75, 3.05) is 20.7 Å². The maximum Gasteiger partial charge on any atom is 0.259 e. The van der Waals surface area contributed by atoms with Crippen LogP contribution in [0.2, 0.25) is 0 Å². The molecule has 128 valence electrons. The highest BCUT2D eigenvalue weighted by Crippen LogP contribution is 2.26. The molecule has 0 bridgehead atoms. The minimum Gasteiger partial charge on any atom is -0.497 e. The van der Waals surface area contributed by atoms with Crippen LogP contribution in [0.5, 0.6) is 5.75 Å². The number of carbonyl (C=O) groups is 1. The zero-order chi connectivity index (χ0) is 17.6. The molecule has 3 rings (SSSR count). The quantitative estimate of drug-likeness (QED) is 0.691. The summed E-state index contributed by atoms with van der Waals surface area (Å²) < 4.78 is 10.5. The largest absolute Gasteiger partial charge is 0.497 e. The van der Waals surface area contributed by atoms with Gasteiger partial charge in [-0.3, -0.25) is 9.78 Å². The Labute approximate surface area is 146 Å². The molecule has 1 aromatic carbocycles. The number of hydrogen-bond donors (Lipinski definition) is 0. The zero-order valence-electron chi connectivity index (χ0n) is 14.2. The van der Waals surface area contributed by atoms with E-state index in [2.05, 4.69) is 10.1 Å². The van der Waals surface area contributed by atoms with E-state index in [-0.39, 0.29) is 5.91 Å². The molecular formula is C19H19N3O3. The van der Waals surface area contributed by atoms with Gasteiger partial charge in [0.25, 0.3) is 5.91 Å². The maximum absolute atomic E-state index is 12.7. The zero-order valence-corrected chi connectivity index (χ0v) is 14.2. The van der Waals surface area contributed by atoms with Crippen LogP contribution in [0.4, 0.5) is 0 Å². The molecule has 3 aromatic rings. The summed E-state index contributed by atoms with van der Waals surface area (Å²) in [6, 6.07) is 11.2. The van der Waals surface area contributed by atoms with Gasteiger partial charge in [0.1, 0.15) is 11.3 Å². The first-order valence-corrected chi connectivity index (χ1v) is 7.92. The molecule has 6 nitrogen and oxygen atoms in total. The molecule has 0 N–H and O–H groups in total. The van der Waals surface area contributed by atoms with E-state index < -0.39 is 0 Å². The molecule has 6 heteroatoms. The highest BCUT2D eigenvalue weighted by Gasteiger charge is 2.21. The van der Waals surface area contributed by atoms with Crippen LogP contribution in [-0.4, -0.2) is 41.6 Å². The Morgan fingerprint density at radius 2 is 1.88 bits per heavy atom. The van der Waals surface area contributed by atoms with E-state index in [1.165, 1.54) is 6.20 Å². The molecule has 0 saturated heterocycles. The average molecular weight is 337 g/mol. The fourth-order valence-electron chi connectivity index (χ4n) is 2.50. The van der Waals surface area contributed by atoms with Gasteiger partial charge in [-0.15, -0.1) is 0 Å². The van der Waals surface area contributed by atoms with E-state index in [0.29, 0.717) is 17.9 Å². The monoisotopic (exact) mass is 337 g/mol. The fraction of sp³-hybridized carbons (Fsp3) is 0.211. The van der Waals surface area contributed by atoms with Gasteiger partial charge in [-0.1, -0.05) is 5.16 Å². The highest BCUT2D eigenvalue weighted by atomic mass is 16.5. The third-order valence-electron chi connectivity index (χ3n) is 3.98. The lowest BCUT2D eigenvalue weighted by Gasteiger charge is -2.16. The lowest BCUT2D eigenvalue weighted by atomic mass is 10.1. The molecule has 0 aliphatic carbocycles. The number of rotatable bonds is 6. The number of nitrogens with zero attached hydrogens (tertiary/aromatic N) is 3. The minimum atomic E-state index is -0.124. The molecule has 0 spiro atoms. The van der Waals surface area contributed by atoms with Crippen LogP contribution in [0.3, 0.4) is 0 Å². The first-order chi connectivity index (χ1) is 12.2. The molecule has 1 amide bonds. The van der Waals surface area contributed by atoms with Crippen molar-refractivity contribution in [3.8, 4) is 17.1 Å². The van der Waals surface area contributed by atoms with Crippen molar-refractivity contribution in [3.63, 3.8) is 0 Å². The summed E-state index contributed by atoms with van der Waals surface area (Å²) in [7, 11) is 3.38. The van der Waals surface area contributed by atoms with Gasteiger partial charge >= 0.3 is 0 Å². The van der Waals surface area contributed by atoms with Crippen molar-refractivity contribution in [3.05, 3.63) is 66.1 Å². The molecule has 0 aliphatic rings. The van der Waals surface area contributed by atoms with E-state index in [4.69, 9.17) is 9.26 Å². The Morgan fingerprint density at radius 3 is 2.56 bits per heavy atom. The molecule has 0 saturated carbocycles. The van der Waals surface area contributed by atoms with E-state index in [0.717, 1.165) is 23.3 Å². The smallest absolute Gasteiger partial charge is 0.259 e. The van der Waals surface area contributed by atoms with Gasteiger partial charge in [0.05, 0.1) is 13.3 Å². The van der Waals surface area contributed by atoms with Crippen molar-refractivity contribution >= 4 is 5.91 Å². The second-order valence-electron chi connectivity index (χ2n) is 5.63. The van der Waals surface area contributed by atoms with Crippen LogP contribution < -0.4 is 4.74 Å². The number of amides is 1. The Kier molecular flexibility index (Phi) is 5.09. The topological polar surface area (TPSA) is 68.5 Å². The second kappa shape index (κ2) is 7.61. The summed E-state index contributed by atoms with van der Waals surface area (Å²) in [5.74, 6) is 1.08. The number of pyridine rings is 1. The number of methoxy groups -OCH3 is 1. The number of aromatic nitrogens is 2. The third-order valence-corrected chi connectivity index (χ3v) is 3.98. The van der Waals surface area contributed by atoms with E-state index in [9.17, 15) is 4.79 Å². The first kappa shape index (κ1) is 16.7. The number of carbonyl (C=O) groups excluding carboxylic acids is 1. The van der Waals surface area contributed by atoms with Crippen molar-refractivity contribution in [2.24, 2.45) is 0 Å². The molecule has 0 radical (unpaired) electrons. The van der Waals surface area contributed by atoms with Crippen molar-refractivity contribution < 1.29 is 14.1 Å². The summed E-state index contributed by atoms with van der Waals surface area (Å²) >= 11 is 0. The number of benzene rings is 1. The van der Waals surface area contributed by atoms with Crippen molar-refractivity contribution in [1.29, 1.82) is 0 Å². The Bertz CT molecular complexity index is 829. The number of likely N-dealkylation sites (N-methyl/N-ethyl adjacent to an activating group) is 1. The summed E-state index contributed by atoms with van der Waals surface area (Å²) in [6.45, 7) is 0.593. The van der Waals surface area contributed by atoms with E-state index >= 15 is 0 Å². The molecule has 2 aromatic heterocycles. The van der Waals surface area contributed by atoms with Gasteiger partial charge in [-0.25, -0.2) is 0 Å². The van der Waals surface area contributed by atoms with Crippen molar-refractivity contribution in [1.82, 2.24) is 15.0 Å². The number of ether oxygens (including phenoxy) is 1. The Hall–Kier alpha value is -3.15. The summed E-state index contributed by atoms with van der Waals surface area (Å²) in [5.41, 5.74) is 2.36. The predicted octanol–water partition coefficient (Wildman–Crippen LogP) is 3.06. The molecule has 0 fully saturated rings. The van der Waals surface area contributed by atoms with Gasteiger partial charge in [-0.2, -0.15) is 0 Å². The van der Waals surface area contributed by atoms with E-state index in [1.54, 1.807) is 31.5 Å². The van der Waals surface area contributed by atoms with Gasteiger partial charge in [0, 0.05) is 31.5 Å². The highest BCUT2D eigenvalue weighted by molar-refractivity contribution is 5.99. The van der Waals surface area contributed by atoms with Crippen LogP contribution in [0, 0.1) is 0 Å². The Balaban J connectivity index is 1.73. The molecular weight excluding hydrogens is 318 g/mol. The van der Waals surface area contributed by atoms with Crippen LogP contribution >= 0.6 is 0 Å². The van der Waals surface area contributed by atoms with Gasteiger partial charge in [0.15, 0.2) is 5.76 Å².